The molecule has 0 saturated carbocycles. The first-order chi connectivity index (χ1) is 7.31. The SMILES string of the molecule is CN(C)c1c(C(C)(C)C#N)ccc(F)c1F. The lowest BCUT2D eigenvalue weighted by atomic mass is 9.84. The maximum absolute atomic E-state index is 13.7. The molecule has 0 aliphatic rings. The largest absolute Gasteiger partial charge is 0.375 e. The Morgan fingerprint density at radius 3 is 2.25 bits per heavy atom. The second-order valence-corrected chi connectivity index (χ2v) is 4.39. The van der Waals surface area contributed by atoms with E-state index >= 15 is 0 Å². The van der Waals surface area contributed by atoms with Gasteiger partial charge in [0.05, 0.1) is 17.2 Å². The quantitative estimate of drug-likeness (QED) is 0.772. The van der Waals surface area contributed by atoms with Crippen molar-refractivity contribution in [2.45, 2.75) is 19.3 Å². The topological polar surface area (TPSA) is 27.0 Å². The molecule has 4 heteroatoms. The van der Waals surface area contributed by atoms with E-state index in [1.54, 1.807) is 27.9 Å². The van der Waals surface area contributed by atoms with Crippen molar-refractivity contribution in [1.29, 1.82) is 5.26 Å². The molecule has 0 N–H and O–H groups in total. The van der Waals surface area contributed by atoms with E-state index in [0.29, 0.717) is 5.56 Å². The van der Waals surface area contributed by atoms with Crippen molar-refractivity contribution < 1.29 is 8.78 Å². The fraction of sp³-hybridized carbons (Fsp3) is 0.417. The second-order valence-electron chi connectivity index (χ2n) is 4.39. The average molecular weight is 224 g/mol. The molecule has 2 nitrogen and oxygen atoms in total. The first kappa shape index (κ1) is 12.4. The summed E-state index contributed by atoms with van der Waals surface area (Å²) in [7, 11) is 3.24. The van der Waals surface area contributed by atoms with Crippen LogP contribution in [0, 0.1) is 23.0 Å². The normalized spacial score (nSPS) is 11.1. The minimum absolute atomic E-state index is 0.131. The summed E-state index contributed by atoms with van der Waals surface area (Å²) >= 11 is 0. The molecule has 0 aliphatic heterocycles. The zero-order valence-corrected chi connectivity index (χ0v) is 9.81. The van der Waals surface area contributed by atoms with Gasteiger partial charge >= 0.3 is 0 Å². The molecule has 0 amide bonds. The van der Waals surface area contributed by atoms with Gasteiger partial charge in [0, 0.05) is 14.1 Å². The number of anilines is 1. The summed E-state index contributed by atoms with van der Waals surface area (Å²) in [5.74, 6) is -1.81. The van der Waals surface area contributed by atoms with Crippen molar-refractivity contribution in [2.24, 2.45) is 0 Å². The molecule has 16 heavy (non-hydrogen) atoms. The molecule has 0 aromatic heterocycles. The second kappa shape index (κ2) is 4.09. The summed E-state index contributed by atoms with van der Waals surface area (Å²) in [6, 6.07) is 4.59. The van der Waals surface area contributed by atoms with Crippen LogP contribution in [0.4, 0.5) is 14.5 Å². The van der Waals surface area contributed by atoms with Gasteiger partial charge in [-0.25, -0.2) is 8.78 Å². The highest BCUT2D eigenvalue weighted by Crippen LogP contribution is 2.34. The van der Waals surface area contributed by atoms with E-state index in [0.717, 1.165) is 6.07 Å². The van der Waals surface area contributed by atoms with Gasteiger partial charge in [-0.2, -0.15) is 5.26 Å². The monoisotopic (exact) mass is 224 g/mol. The van der Waals surface area contributed by atoms with Crippen LogP contribution in [0.5, 0.6) is 0 Å². The van der Waals surface area contributed by atoms with E-state index in [4.69, 9.17) is 5.26 Å². The minimum Gasteiger partial charge on any atom is -0.375 e. The Balaban J connectivity index is 3.54. The molecule has 1 rings (SSSR count). The summed E-state index contributed by atoms with van der Waals surface area (Å²) in [5, 5.41) is 9.03. The summed E-state index contributed by atoms with van der Waals surface area (Å²) in [6.45, 7) is 3.35. The highest BCUT2D eigenvalue weighted by molar-refractivity contribution is 5.58. The molecule has 0 saturated heterocycles. The number of hydrogen-bond donors (Lipinski definition) is 0. The zero-order valence-electron chi connectivity index (χ0n) is 9.81. The van der Waals surface area contributed by atoms with Crippen molar-refractivity contribution in [3.05, 3.63) is 29.3 Å². The van der Waals surface area contributed by atoms with Crippen LogP contribution >= 0.6 is 0 Å². The first-order valence-electron chi connectivity index (χ1n) is 4.88. The maximum Gasteiger partial charge on any atom is 0.182 e. The van der Waals surface area contributed by atoms with E-state index in [-0.39, 0.29) is 5.69 Å². The van der Waals surface area contributed by atoms with Crippen LogP contribution in [0.1, 0.15) is 19.4 Å². The van der Waals surface area contributed by atoms with Crippen LogP contribution in [0.2, 0.25) is 0 Å². The molecule has 0 aliphatic carbocycles. The Bertz CT molecular complexity index is 445. The van der Waals surface area contributed by atoms with Gasteiger partial charge in [0.25, 0.3) is 0 Å². The molecule has 0 radical (unpaired) electrons. The van der Waals surface area contributed by atoms with Crippen molar-refractivity contribution in [3.8, 4) is 6.07 Å². The van der Waals surface area contributed by atoms with Gasteiger partial charge in [-0.15, -0.1) is 0 Å². The van der Waals surface area contributed by atoms with Gasteiger partial charge in [-0.1, -0.05) is 6.07 Å². The van der Waals surface area contributed by atoms with E-state index in [1.807, 2.05) is 0 Å². The van der Waals surface area contributed by atoms with Gasteiger partial charge in [0.1, 0.15) is 0 Å². The molecule has 0 unspecified atom stereocenters. The lowest BCUT2D eigenvalue weighted by Gasteiger charge is -2.25. The Morgan fingerprint density at radius 2 is 1.81 bits per heavy atom. The third-order valence-electron chi connectivity index (χ3n) is 2.47. The molecule has 86 valence electrons. The number of nitriles is 1. The fourth-order valence-electron chi connectivity index (χ4n) is 1.54. The maximum atomic E-state index is 13.7. The fourth-order valence-corrected chi connectivity index (χ4v) is 1.54. The van der Waals surface area contributed by atoms with E-state index in [9.17, 15) is 8.78 Å². The number of nitrogens with zero attached hydrogens (tertiary/aromatic N) is 2. The third-order valence-corrected chi connectivity index (χ3v) is 2.47. The highest BCUT2D eigenvalue weighted by atomic mass is 19.2. The predicted molar refractivity (Wildman–Crippen MR) is 59.3 cm³/mol. The smallest absolute Gasteiger partial charge is 0.182 e. The number of hydrogen-bond acceptors (Lipinski definition) is 2. The molecule has 0 atom stereocenters. The van der Waals surface area contributed by atoms with Crippen molar-refractivity contribution in [2.75, 3.05) is 19.0 Å². The van der Waals surface area contributed by atoms with Crippen LogP contribution in [0.3, 0.4) is 0 Å². The Morgan fingerprint density at radius 1 is 1.25 bits per heavy atom. The average Bonchev–Trinajstić information content (AvgIpc) is 2.21. The summed E-state index contributed by atoms with van der Waals surface area (Å²) in [4.78, 5) is 1.48. The van der Waals surface area contributed by atoms with Gasteiger partial charge in [0.2, 0.25) is 0 Å². The highest BCUT2D eigenvalue weighted by Gasteiger charge is 2.27. The summed E-state index contributed by atoms with van der Waals surface area (Å²) in [6.07, 6.45) is 0. The molecular weight excluding hydrogens is 210 g/mol. The van der Waals surface area contributed by atoms with Gasteiger partial charge in [-0.3, -0.25) is 0 Å². The summed E-state index contributed by atoms with van der Waals surface area (Å²) < 4.78 is 26.8. The minimum atomic E-state index is -0.911. The van der Waals surface area contributed by atoms with Gasteiger partial charge < -0.3 is 4.90 Å². The molecular formula is C12H14F2N2. The van der Waals surface area contributed by atoms with Gasteiger partial charge in [0.15, 0.2) is 11.6 Å². The molecule has 0 bridgehead atoms. The van der Waals surface area contributed by atoms with Crippen LogP contribution in [-0.4, -0.2) is 14.1 Å². The molecule has 0 spiro atoms. The Kier molecular flexibility index (Phi) is 3.18. The van der Waals surface area contributed by atoms with Crippen molar-refractivity contribution in [1.82, 2.24) is 0 Å². The summed E-state index contributed by atoms with van der Waals surface area (Å²) in [5.41, 5.74) is -0.237. The zero-order chi connectivity index (χ0) is 12.5. The predicted octanol–water partition coefficient (Wildman–Crippen LogP) is 2.83. The van der Waals surface area contributed by atoms with Crippen LogP contribution in [-0.2, 0) is 5.41 Å². The first-order valence-corrected chi connectivity index (χ1v) is 4.88. The van der Waals surface area contributed by atoms with E-state index in [1.165, 1.54) is 11.0 Å². The number of rotatable bonds is 2. The number of halogens is 2. The van der Waals surface area contributed by atoms with Crippen LogP contribution in [0.15, 0.2) is 12.1 Å². The molecule has 1 aromatic rings. The Labute approximate surface area is 94.1 Å². The van der Waals surface area contributed by atoms with Crippen molar-refractivity contribution in [3.63, 3.8) is 0 Å². The van der Waals surface area contributed by atoms with E-state index in [2.05, 4.69) is 6.07 Å². The number of benzene rings is 1. The lowest BCUT2D eigenvalue weighted by molar-refractivity contribution is 0.504. The molecule has 0 heterocycles. The Hall–Kier alpha value is -1.63. The molecule has 0 fully saturated rings. The molecule has 1 aromatic carbocycles. The van der Waals surface area contributed by atoms with Crippen LogP contribution in [0.25, 0.3) is 0 Å². The van der Waals surface area contributed by atoms with Crippen LogP contribution < -0.4 is 4.90 Å². The third kappa shape index (κ3) is 1.99. The lowest BCUT2D eigenvalue weighted by Crippen LogP contribution is -2.22. The van der Waals surface area contributed by atoms with Gasteiger partial charge in [-0.05, 0) is 25.5 Å². The van der Waals surface area contributed by atoms with Crippen molar-refractivity contribution >= 4 is 5.69 Å². The van der Waals surface area contributed by atoms with E-state index < -0.39 is 17.0 Å². The standard InChI is InChI=1S/C12H14F2N2/c1-12(2,7-15)8-5-6-9(13)10(14)11(8)16(3)4/h5-6H,1-4H3.